The van der Waals surface area contributed by atoms with Crippen LogP contribution in [0.3, 0.4) is 0 Å². The molecule has 2 heteroatoms. The van der Waals surface area contributed by atoms with Crippen LogP contribution in [0.2, 0.25) is 0 Å². The van der Waals surface area contributed by atoms with Gasteiger partial charge in [-0.2, -0.15) is 0 Å². The summed E-state index contributed by atoms with van der Waals surface area (Å²) in [6.45, 7) is 11.3. The van der Waals surface area contributed by atoms with E-state index < -0.39 is 0 Å². The van der Waals surface area contributed by atoms with E-state index in [0.717, 1.165) is 11.4 Å². The Morgan fingerprint density at radius 1 is 0.617 bits per heavy atom. The number of azo groups is 2. The molecule has 0 saturated heterocycles. The lowest BCUT2D eigenvalue weighted by atomic mass is 9.88. The number of benzene rings is 4. The van der Waals surface area contributed by atoms with Gasteiger partial charge in [0.25, 0.3) is 0 Å². The van der Waals surface area contributed by atoms with Gasteiger partial charge in [-0.15, -0.1) is 0 Å². The zero-order chi connectivity index (χ0) is 33.4. The molecule has 0 N–H and O–H groups in total. The maximum atomic E-state index is 5.17. The minimum absolute atomic E-state index is 0.964. The number of allylic oxidation sites excluding steroid dienone is 1. The molecule has 2 nitrogen and oxygen atoms in total. The molecule has 0 spiro atoms. The van der Waals surface area contributed by atoms with E-state index in [9.17, 15) is 0 Å². The van der Waals surface area contributed by atoms with Crippen molar-refractivity contribution in [3.05, 3.63) is 118 Å². The lowest BCUT2D eigenvalue weighted by Gasteiger charge is -2.17. The summed E-state index contributed by atoms with van der Waals surface area (Å²) in [5.41, 5.74) is 14.4. The topological polar surface area (TPSA) is 15.4 Å². The van der Waals surface area contributed by atoms with Crippen molar-refractivity contribution in [3.8, 4) is 22.3 Å². The first-order valence-electron chi connectivity index (χ1n) is 18.5. The van der Waals surface area contributed by atoms with Crippen molar-refractivity contribution < 1.29 is 4.70 Å². The maximum Gasteiger partial charge on any atom is 0.205 e. The molecule has 0 atom stereocenters. The quantitative estimate of drug-likeness (QED) is 0.0592. The molecule has 47 heavy (non-hydrogen) atoms. The van der Waals surface area contributed by atoms with Gasteiger partial charge in [-0.3, -0.25) is 0 Å². The van der Waals surface area contributed by atoms with Crippen molar-refractivity contribution in [1.29, 1.82) is 0 Å². The third-order valence-electron chi connectivity index (χ3n) is 9.55. The number of hydrogen-bond acceptors (Lipinski definition) is 1. The first-order valence-corrected chi connectivity index (χ1v) is 18.5. The van der Waals surface area contributed by atoms with Gasteiger partial charge in [0.1, 0.15) is 5.69 Å². The molecule has 0 aromatic heterocycles. The minimum Gasteiger partial charge on any atom is -0.0909 e. The van der Waals surface area contributed by atoms with Crippen LogP contribution in [0, 0.1) is 6.92 Å². The summed E-state index contributed by atoms with van der Waals surface area (Å²) in [6.07, 6.45) is 19.0. The molecule has 0 fully saturated rings. The second-order valence-corrected chi connectivity index (χ2v) is 13.3. The van der Waals surface area contributed by atoms with E-state index in [1.807, 2.05) is 0 Å². The van der Waals surface area contributed by atoms with Gasteiger partial charge in [-0.25, -0.2) is 0 Å². The van der Waals surface area contributed by atoms with Crippen LogP contribution in [-0.4, -0.2) is 11.7 Å². The molecule has 0 aliphatic rings. The van der Waals surface area contributed by atoms with Gasteiger partial charge in [-0.05, 0) is 113 Å². The highest BCUT2D eigenvalue weighted by molar-refractivity contribution is 5.81. The lowest BCUT2D eigenvalue weighted by Crippen LogP contribution is -2.04. The van der Waals surface area contributed by atoms with Crippen molar-refractivity contribution in [2.45, 2.75) is 118 Å². The molecule has 248 valence electrons. The Morgan fingerprint density at radius 2 is 1.11 bits per heavy atom. The van der Waals surface area contributed by atoms with Crippen LogP contribution >= 0.6 is 0 Å². The Balaban J connectivity index is 1.71. The van der Waals surface area contributed by atoms with Gasteiger partial charge >= 0.3 is 0 Å². The molecule has 0 amide bonds. The molecule has 0 saturated carbocycles. The smallest absolute Gasteiger partial charge is 0.0909 e. The van der Waals surface area contributed by atoms with E-state index in [2.05, 4.69) is 137 Å². The van der Waals surface area contributed by atoms with Crippen molar-refractivity contribution in [3.63, 3.8) is 0 Å². The van der Waals surface area contributed by atoms with Gasteiger partial charge in [0.2, 0.25) is 5.70 Å². The van der Waals surface area contributed by atoms with Gasteiger partial charge < -0.3 is 0 Å². The zero-order valence-electron chi connectivity index (χ0n) is 30.2. The summed E-state index contributed by atoms with van der Waals surface area (Å²) >= 11 is 0. The third-order valence-corrected chi connectivity index (χ3v) is 9.55. The zero-order valence-corrected chi connectivity index (χ0v) is 30.2. The fourth-order valence-electron chi connectivity index (χ4n) is 6.67. The lowest BCUT2D eigenvalue weighted by molar-refractivity contribution is -0.510. The Labute approximate surface area is 286 Å². The van der Waals surface area contributed by atoms with E-state index in [0.29, 0.717) is 0 Å². The van der Waals surface area contributed by atoms with E-state index >= 15 is 0 Å². The van der Waals surface area contributed by atoms with Gasteiger partial charge in [-0.1, -0.05) is 143 Å². The van der Waals surface area contributed by atoms with Gasteiger partial charge in [0, 0.05) is 13.0 Å². The van der Waals surface area contributed by atoms with Crippen molar-refractivity contribution in [2.24, 2.45) is 5.11 Å². The van der Waals surface area contributed by atoms with Crippen LogP contribution in [0.5, 0.6) is 0 Å². The van der Waals surface area contributed by atoms with E-state index in [-0.39, 0.29) is 0 Å². The molecule has 0 aliphatic carbocycles. The second kappa shape index (κ2) is 19.1. The largest absolute Gasteiger partial charge is 0.205 e. The first-order chi connectivity index (χ1) is 22.9. The van der Waals surface area contributed by atoms with E-state index in [1.165, 1.54) is 117 Å². The SMILES string of the molecule is CCCCCCCCc1cc(C=C(C)[N+](C)=Nc2cc(-c3ccccc3)c(C)c(-c3ccccc3)c2)cc(CCCC)c1CCCC. The van der Waals surface area contributed by atoms with Crippen molar-refractivity contribution >= 4 is 11.8 Å². The standard InChI is InChI=1S/C45H59N2/c1-7-10-13-14-15-18-28-41-32-37(31-40(23-11-8-2)43(41)29-12-9-3)30-35(4)47(6)46-42-33-44(38-24-19-16-20-25-38)36(5)45(34-42)39-26-21-17-22-27-39/h16-17,19-22,24-27,30-34H,7-15,18,23,28-29H2,1-6H3/q+1. The molecule has 4 aromatic rings. The predicted molar refractivity (Wildman–Crippen MR) is 205 cm³/mol. The third kappa shape index (κ3) is 10.6. The number of rotatable bonds is 18. The average molecular weight is 628 g/mol. The number of unbranched alkanes of at least 4 members (excludes halogenated alkanes) is 7. The first kappa shape index (κ1) is 36.1. The molecule has 0 aliphatic heterocycles. The normalized spacial score (nSPS) is 12.1. The summed E-state index contributed by atoms with van der Waals surface area (Å²) in [5, 5.41) is 5.17. The van der Waals surface area contributed by atoms with E-state index in [1.54, 1.807) is 16.7 Å². The highest BCUT2D eigenvalue weighted by atomic mass is 15.2. The van der Waals surface area contributed by atoms with Crippen LogP contribution < -0.4 is 0 Å². The second-order valence-electron chi connectivity index (χ2n) is 13.3. The monoisotopic (exact) mass is 627 g/mol. The van der Waals surface area contributed by atoms with E-state index in [4.69, 9.17) is 5.11 Å². The molecule has 0 heterocycles. The summed E-state index contributed by atoms with van der Waals surface area (Å²) in [7, 11) is 2.08. The molecule has 0 unspecified atom stereocenters. The molecular weight excluding hydrogens is 569 g/mol. The summed E-state index contributed by atoms with van der Waals surface area (Å²) in [5.74, 6) is 0. The van der Waals surface area contributed by atoms with Crippen molar-refractivity contribution in [1.82, 2.24) is 0 Å². The van der Waals surface area contributed by atoms with Crippen LogP contribution in [0.25, 0.3) is 28.3 Å². The summed E-state index contributed by atoms with van der Waals surface area (Å²) in [6, 6.07) is 30.8. The number of nitrogens with zero attached hydrogens (tertiary/aromatic N) is 2. The Morgan fingerprint density at radius 3 is 1.66 bits per heavy atom. The summed E-state index contributed by atoms with van der Waals surface area (Å²) < 4.78 is 2.05. The number of hydrogen-bond donors (Lipinski definition) is 0. The fraction of sp³-hybridized carbons (Fsp3) is 0.422. The van der Waals surface area contributed by atoms with Crippen LogP contribution in [0.15, 0.2) is 95.7 Å². The highest BCUT2D eigenvalue weighted by Crippen LogP contribution is 2.36. The maximum absolute atomic E-state index is 5.17. The summed E-state index contributed by atoms with van der Waals surface area (Å²) in [4.78, 5) is 0. The Kier molecular flexibility index (Phi) is 14.7. The molecular formula is C45H59N2+. The van der Waals surface area contributed by atoms with Crippen LogP contribution in [0.4, 0.5) is 5.69 Å². The van der Waals surface area contributed by atoms with Gasteiger partial charge in [0.15, 0.2) is 7.05 Å². The number of aryl methyl sites for hydroxylation is 2. The van der Waals surface area contributed by atoms with Crippen LogP contribution in [-0.2, 0) is 19.3 Å². The average Bonchev–Trinajstić information content (AvgIpc) is 3.09. The Bertz CT molecular complexity index is 1530. The minimum atomic E-state index is 0.964. The Hall–Kier alpha value is -3.78. The molecule has 4 aromatic carbocycles. The molecule has 0 radical (unpaired) electrons. The molecule has 0 bridgehead atoms. The van der Waals surface area contributed by atoms with Gasteiger partial charge in [0.05, 0.1) is 0 Å². The molecule has 4 rings (SSSR count). The fourth-order valence-corrected chi connectivity index (χ4v) is 6.67. The van der Waals surface area contributed by atoms with Crippen LogP contribution in [0.1, 0.15) is 120 Å². The highest BCUT2D eigenvalue weighted by Gasteiger charge is 2.15. The predicted octanol–water partition coefficient (Wildman–Crippen LogP) is 13.7. The van der Waals surface area contributed by atoms with Crippen molar-refractivity contribution in [2.75, 3.05) is 7.05 Å².